The van der Waals surface area contributed by atoms with Gasteiger partial charge in [-0.15, -0.1) is 0 Å². The van der Waals surface area contributed by atoms with E-state index in [-0.39, 0.29) is 22.6 Å². The van der Waals surface area contributed by atoms with Crippen molar-refractivity contribution in [2.75, 3.05) is 5.43 Å². The number of benzene rings is 1. The van der Waals surface area contributed by atoms with Crippen LogP contribution in [-0.2, 0) is 0 Å². The average Bonchev–Trinajstić information content (AvgIpc) is 2.42. The molecule has 1 aromatic carbocycles. The van der Waals surface area contributed by atoms with Gasteiger partial charge >= 0.3 is 11.6 Å². The van der Waals surface area contributed by atoms with E-state index in [1.165, 1.54) is 12.1 Å². The molecule has 0 aliphatic rings. The van der Waals surface area contributed by atoms with E-state index >= 15 is 0 Å². The van der Waals surface area contributed by atoms with Crippen molar-refractivity contribution in [2.24, 2.45) is 5.84 Å². The van der Waals surface area contributed by atoms with Crippen LogP contribution in [0.5, 0.6) is 11.6 Å². The van der Waals surface area contributed by atoms with Gasteiger partial charge in [0.1, 0.15) is 11.9 Å². The van der Waals surface area contributed by atoms with Gasteiger partial charge < -0.3 is 4.74 Å². The van der Waals surface area contributed by atoms with Crippen molar-refractivity contribution in [2.45, 2.75) is 0 Å². The Morgan fingerprint density at radius 3 is 2.80 bits per heavy atom. The molecule has 8 nitrogen and oxygen atoms in total. The highest BCUT2D eigenvalue weighted by Crippen LogP contribution is 2.34. The maximum absolute atomic E-state index is 10.9. The lowest BCUT2D eigenvalue weighted by Crippen LogP contribution is -2.11. The number of aromatic nitrogens is 2. The third-order valence-corrected chi connectivity index (χ3v) is 2.71. The number of nitrogens with one attached hydrogen (secondary N) is 1. The number of anilines is 1. The van der Waals surface area contributed by atoms with E-state index in [0.717, 1.165) is 6.20 Å². The van der Waals surface area contributed by atoms with Crippen LogP contribution in [0.3, 0.4) is 0 Å². The number of halogens is 2. The molecule has 0 fully saturated rings. The smallest absolute Gasteiger partial charge is 0.349 e. The zero-order valence-electron chi connectivity index (χ0n) is 9.71. The van der Waals surface area contributed by atoms with Crippen molar-refractivity contribution in [3.05, 3.63) is 44.6 Å². The average molecular weight is 316 g/mol. The van der Waals surface area contributed by atoms with E-state index in [4.69, 9.17) is 33.8 Å². The molecular weight excluding hydrogens is 309 g/mol. The first kappa shape index (κ1) is 14.3. The van der Waals surface area contributed by atoms with Gasteiger partial charge in [0.05, 0.1) is 9.95 Å². The van der Waals surface area contributed by atoms with Crippen LogP contribution in [0.2, 0.25) is 10.0 Å². The van der Waals surface area contributed by atoms with Crippen LogP contribution in [0, 0.1) is 10.1 Å². The molecule has 0 saturated carbocycles. The summed E-state index contributed by atoms with van der Waals surface area (Å²) in [5, 5.41) is 11.5. The van der Waals surface area contributed by atoms with Gasteiger partial charge in [-0.05, 0) is 12.1 Å². The highest BCUT2D eigenvalue weighted by Gasteiger charge is 2.20. The molecule has 0 saturated heterocycles. The molecule has 3 N–H and O–H groups in total. The summed E-state index contributed by atoms with van der Waals surface area (Å²) in [7, 11) is 0. The summed E-state index contributed by atoms with van der Waals surface area (Å²) >= 11 is 11.7. The maximum atomic E-state index is 10.9. The Bertz CT molecular complexity index is 667. The fourth-order valence-electron chi connectivity index (χ4n) is 1.29. The lowest BCUT2D eigenvalue weighted by atomic mass is 10.3. The second kappa shape index (κ2) is 5.87. The van der Waals surface area contributed by atoms with Crippen molar-refractivity contribution in [1.29, 1.82) is 0 Å². The molecule has 0 radical (unpaired) electrons. The molecule has 0 aliphatic heterocycles. The third kappa shape index (κ3) is 3.05. The molecule has 0 bridgehead atoms. The van der Waals surface area contributed by atoms with Gasteiger partial charge in [0, 0.05) is 11.1 Å². The van der Waals surface area contributed by atoms with Crippen LogP contribution in [-0.4, -0.2) is 14.9 Å². The van der Waals surface area contributed by atoms with Crippen molar-refractivity contribution in [3.63, 3.8) is 0 Å². The number of ether oxygens (including phenoxy) is 1. The number of hydrogen-bond acceptors (Lipinski definition) is 7. The molecule has 0 spiro atoms. The highest BCUT2D eigenvalue weighted by molar-refractivity contribution is 6.34. The monoisotopic (exact) mass is 315 g/mol. The Balaban J connectivity index is 2.45. The van der Waals surface area contributed by atoms with E-state index in [0.29, 0.717) is 5.02 Å². The fourth-order valence-corrected chi connectivity index (χ4v) is 1.61. The molecule has 1 heterocycles. The minimum atomic E-state index is -0.686. The summed E-state index contributed by atoms with van der Waals surface area (Å²) in [6, 6.07) is 4.46. The summed E-state index contributed by atoms with van der Waals surface area (Å²) in [6.07, 6.45) is 0.968. The van der Waals surface area contributed by atoms with Crippen LogP contribution in [0.4, 0.5) is 11.6 Å². The van der Waals surface area contributed by atoms with Gasteiger partial charge in [-0.1, -0.05) is 23.2 Å². The summed E-state index contributed by atoms with van der Waals surface area (Å²) in [4.78, 5) is 17.6. The predicted molar refractivity (Wildman–Crippen MR) is 73.0 cm³/mol. The number of hydrogen-bond donors (Lipinski definition) is 2. The number of hydrazine groups is 1. The number of rotatable bonds is 4. The Labute approximate surface area is 122 Å². The molecule has 2 aromatic rings. The first-order chi connectivity index (χ1) is 9.51. The molecule has 20 heavy (non-hydrogen) atoms. The Hall–Kier alpha value is -2.16. The number of nitrogens with two attached hydrogens (primary N) is 1. The van der Waals surface area contributed by atoms with Crippen LogP contribution in [0.1, 0.15) is 0 Å². The number of nitrogen functional groups attached to an aromatic ring is 1. The van der Waals surface area contributed by atoms with E-state index in [2.05, 4.69) is 15.4 Å². The molecular formula is C10H7Cl2N5O3. The summed E-state index contributed by atoms with van der Waals surface area (Å²) in [6.45, 7) is 0. The Morgan fingerprint density at radius 2 is 2.15 bits per heavy atom. The first-order valence-corrected chi connectivity index (χ1v) is 5.88. The summed E-state index contributed by atoms with van der Waals surface area (Å²) in [5.41, 5.74) is 1.73. The molecule has 104 valence electrons. The minimum absolute atomic E-state index is 0.0382. The number of nitro groups is 1. The van der Waals surface area contributed by atoms with E-state index in [1.54, 1.807) is 6.07 Å². The number of nitrogens with zero attached hydrogens (tertiary/aromatic N) is 3. The summed E-state index contributed by atoms with van der Waals surface area (Å²) in [5.74, 6) is 4.93. The third-order valence-electron chi connectivity index (χ3n) is 2.16. The fraction of sp³-hybridized carbons (Fsp3) is 0. The van der Waals surface area contributed by atoms with Crippen LogP contribution in [0.25, 0.3) is 0 Å². The second-order valence-corrected chi connectivity index (χ2v) is 4.31. The normalized spacial score (nSPS) is 10.2. The van der Waals surface area contributed by atoms with Crippen LogP contribution < -0.4 is 16.0 Å². The minimum Gasteiger partial charge on any atom is -0.432 e. The van der Waals surface area contributed by atoms with Gasteiger partial charge in [0.25, 0.3) is 0 Å². The predicted octanol–water partition coefficient (Wildman–Crippen LogP) is 2.77. The molecule has 0 aliphatic carbocycles. The quantitative estimate of drug-likeness (QED) is 0.506. The van der Waals surface area contributed by atoms with Crippen LogP contribution in [0.15, 0.2) is 24.4 Å². The standard InChI is InChI=1S/C10H7Cl2N5O3/c11-5-1-2-6(12)8(3-5)20-9-7(17(18)19)4-14-10(15-9)16-13/h1-4H,13H2,(H,14,15,16). The van der Waals surface area contributed by atoms with Crippen molar-refractivity contribution < 1.29 is 9.66 Å². The summed E-state index contributed by atoms with van der Waals surface area (Å²) < 4.78 is 5.32. The lowest BCUT2D eigenvalue weighted by Gasteiger charge is -2.08. The van der Waals surface area contributed by atoms with Crippen LogP contribution >= 0.6 is 23.2 Å². The zero-order valence-corrected chi connectivity index (χ0v) is 11.2. The molecule has 10 heteroatoms. The van der Waals surface area contributed by atoms with Gasteiger partial charge in [-0.25, -0.2) is 10.8 Å². The van der Waals surface area contributed by atoms with E-state index in [9.17, 15) is 10.1 Å². The molecule has 0 amide bonds. The zero-order chi connectivity index (χ0) is 14.7. The lowest BCUT2D eigenvalue weighted by molar-refractivity contribution is -0.386. The molecule has 0 atom stereocenters. The first-order valence-electron chi connectivity index (χ1n) is 5.12. The van der Waals surface area contributed by atoms with Gasteiger partial charge in [0.15, 0.2) is 0 Å². The molecule has 0 unspecified atom stereocenters. The highest BCUT2D eigenvalue weighted by atomic mass is 35.5. The largest absolute Gasteiger partial charge is 0.432 e. The van der Waals surface area contributed by atoms with Crippen molar-refractivity contribution >= 4 is 34.8 Å². The topological polar surface area (TPSA) is 116 Å². The van der Waals surface area contributed by atoms with Gasteiger partial charge in [0.2, 0.25) is 5.95 Å². The second-order valence-electron chi connectivity index (χ2n) is 3.46. The van der Waals surface area contributed by atoms with Gasteiger partial charge in [-0.2, -0.15) is 4.98 Å². The van der Waals surface area contributed by atoms with E-state index < -0.39 is 10.6 Å². The maximum Gasteiger partial charge on any atom is 0.349 e. The van der Waals surface area contributed by atoms with Crippen molar-refractivity contribution in [3.8, 4) is 11.6 Å². The Kier molecular flexibility index (Phi) is 4.18. The molecule has 2 rings (SSSR count). The van der Waals surface area contributed by atoms with Gasteiger partial charge in [-0.3, -0.25) is 15.5 Å². The van der Waals surface area contributed by atoms with E-state index in [1.807, 2.05) is 0 Å². The molecule has 1 aromatic heterocycles. The SMILES string of the molecule is NNc1ncc([N+](=O)[O-])c(Oc2cc(Cl)ccc2Cl)n1. The Morgan fingerprint density at radius 1 is 1.40 bits per heavy atom. The van der Waals surface area contributed by atoms with Crippen molar-refractivity contribution in [1.82, 2.24) is 9.97 Å².